The van der Waals surface area contributed by atoms with E-state index in [9.17, 15) is 0 Å². The Morgan fingerprint density at radius 1 is 1.41 bits per heavy atom. The minimum Gasteiger partial charge on any atom is -0.361 e. The summed E-state index contributed by atoms with van der Waals surface area (Å²) in [5, 5.41) is 7.47. The molecule has 0 amide bonds. The van der Waals surface area contributed by atoms with Crippen LogP contribution in [-0.2, 0) is 6.54 Å². The average molecular weight is 239 g/mol. The summed E-state index contributed by atoms with van der Waals surface area (Å²) in [6.07, 6.45) is 1.19. The van der Waals surface area contributed by atoms with Crippen molar-refractivity contribution in [3.05, 3.63) is 17.5 Å². The molecule has 0 spiro atoms. The van der Waals surface area contributed by atoms with E-state index in [0.717, 1.165) is 37.6 Å². The van der Waals surface area contributed by atoms with Crippen LogP contribution >= 0.6 is 0 Å². The lowest BCUT2D eigenvalue weighted by molar-refractivity contribution is 0.305. The summed E-state index contributed by atoms with van der Waals surface area (Å²) in [5.74, 6) is 1.38. The van der Waals surface area contributed by atoms with Crippen LogP contribution in [0.4, 0.5) is 0 Å². The molecule has 0 bridgehead atoms. The van der Waals surface area contributed by atoms with Crippen molar-refractivity contribution < 1.29 is 4.52 Å². The molecule has 4 heteroatoms. The Hall–Kier alpha value is -0.870. The van der Waals surface area contributed by atoms with E-state index in [1.54, 1.807) is 0 Å². The molecule has 0 fully saturated rings. The van der Waals surface area contributed by atoms with Gasteiger partial charge in [0.05, 0.1) is 5.69 Å². The Balaban J connectivity index is 2.27. The van der Waals surface area contributed by atoms with Crippen LogP contribution in [0, 0.1) is 0 Å². The van der Waals surface area contributed by atoms with E-state index < -0.39 is 0 Å². The lowest BCUT2D eigenvalue weighted by atomic mass is 10.1. The maximum absolute atomic E-state index is 5.28. The van der Waals surface area contributed by atoms with Gasteiger partial charge in [-0.15, -0.1) is 0 Å². The van der Waals surface area contributed by atoms with Crippen molar-refractivity contribution >= 4 is 0 Å². The SMILES string of the molecule is CCCNCCN(C)Cc1cc(C(C)C)on1. The summed E-state index contributed by atoms with van der Waals surface area (Å²) < 4.78 is 5.28. The number of hydrogen-bond donors (Lipinski definition) is 1. The summed E-state index contributed by atoms with van der Waals surface area (Å²) >= 11 is 0. The molecule has 0 aliphatic rings. The van der Waals surface area contributed by atoms with E-state index in [1.165, 1.54) is 6.42 Å². The Morgan fingerprint density at radius 3 is 2.76 bits per heavy atom. The van der Waals surface area contributed by atoms with Crippen LogP contribution < -0.4 is 5.32 Å². The van der Waals surface area contributed by atoms with E-state index in [2.05, 4.69) is 49.3 Å². The van der Waals surface area contributed by atoms with Crippen LogP contribution in [0.5, 0.6) is 0 Å². The molecule has 0 radical (unpaired) electrons. The van der Waals surface area contributed by atoms with Gasteiger partial charge in [-0.05, 0) is 20.0 Å². The van der Waals surface area contributed by atoms with Crippen LogP contribution in [0.15, 0.2) is 10.6 Å². The number of aromatic nitrogens is 1. The molecule has 1 N–H and O–H groups in total. The highest BCUT2D eigenvalue weighted by Gasteiger charge is 2.09. The quantitative estimate of drug-likeness (QED) is 0.706. The first kappa shape index (κ1) is 14.2. The Bertz CT molecular complexity index is 309. The molecule has 0 aliphatic carbocycles. The Morgan fingerprint density at radius 2 is 2.18 bits per heavy atom. The molecule has 98 valence electrons. The highest BCUT2D eigenvalue weighted by molar-refractivity contribution is 5.08. The zero-order valence-electron chi connectivity index (χ0n) is 11.5. The van der Waals surface area contributed by atoms with Crippen molar-refractivity contribution in [3.8, 4) is 0 Å². The van der Waals surface area contributed by atoms with Gasteiger partial charge in [-0.2, -0.15) is 0 Å². The summed E-state index contributed by atoms with van der Waals surface area (Å²) in [7, 11) is 2.11. The monoisotopic (exact) mass is 239 g/mol. The predicted octanol–water partition coefficient (Wildman–Crippen LogP) is 2.23. The normalized spacial score (nSPS) is 11.6. The lowest BCUT2D eigenvalue weighted by Gasteiger charge is -2.14. The van der Waals surface area contributed by atoms with Crippen LogP contribution in [0.3, 0.4) is 0 Å². The largest absolute Gasteiger partial charge is 0.361 e. The van der Waals surface area contributed by atoms with E-state index in [1.807, 2.05) is 0 Å². The number of hydrogen-bond acceptors (Lipinski definition) is 4. The van der Waals surface area contributed by atoms with Gasteiger partial charge in [-0.3, -0.25) is 4.90 Å². The average Bonchev–Trinajstić information content (AvgIpc) is 2.73. The Labute approximate surface area is 104 Å². The third kappa shape index (κ3) is 5.33. The van der Waals surface area contributed by atoms with Crippen LogP contribution in [0.25, 0.3) is 0 Å². The Kier molecular flexibility index (Phi) is 6.22. The maximum Gasteiger partial charge on any atom is 0.139 e. The summed E-state index contributed by atoms with van der Waals surface area (Å²) in [6.45, 7) is 10.4. The minimum atomic E-state index is 0.410. The molecule has 1 aromatic heterocycles. The second-order valence-corrected chi connectivity index (χ2v) is 4.86. The van der Waals surface area contributed by atoms with E-state index in [-0.39, 0.29) is 0 Å². The third-order valence-electron chi connectivity index (χ3n) is 2.68. The fourth-order valence-corrected chi connectivity index (χ4v) is 1.60. The van der Waals surface area contributed by atoms with Crippen LogP contribution in [0.1, 0.15) is 44.6 Å². The van der Waals surface area contributed by atoms with Crippen molar-refractivity contribution in [2.75, 3.05) is 26.7 Å². The molecular formula is C13H25N3O. The smallest absolute Gasteiger partial charge is 0.139 e. The molecule has 4 nitrogen and oxygen atoms in total. The number of likely N-dealkylation sites (N-methyl/N-ethyl adjacent to an activating group) is 1. The van der Waals surface area contributed by atoms with Gasteiger partial charge in [0.25, 0.3) is 0 Å². The van der Waals surface area contributed by atoms with Crippen LogP contribution in [-0.4, -0.2) is 36.7 Å². The zero-order valence-corrected chi connectivity index (χ0v) is 11.5. The van der Waals surface area contributed by atoms with E-state index >= 15 is 0 Å². The summed E-state index contributed by atoms with van der Waals surface area (Å²) in [6, 6.07) is 2.06. The number of nitrogens with zero attached hydrogens (tertiary/aromatic N) is 2. The van der Waals surface area contributed by atoms with Gasteiger partial charge >= 0.3 is 0 Å². The van der Waals surface area contributed by atoms with Gasteiger partial charge in [-0.25, -0.2) is 0 Å². The van der Waals surface area contributed by atoms with Gasteiger partial charge in [0, 0.05) is 31.6 Å². The second kappa shape index (κ2) is 7.45. The van der Waals surface area contributed by atoms with Crippen molar-refractivity contribution in [1.29, 1.82) is 0 Å². The first-order valence-corrected chi connectivity index (χ1v) is 6.48. The topological polar surface area (TPSA) is 41.3 Å². The standard InChI is InChI=1S/C13H25N3O/c1-5-6-14-7-8-16(4)10-12-9-13(11(2)3)17-15-12/h9,11,14H,5-8,10H2,1-4H3. The number of rotatable bonds is 8. The van der Waals surface area contributed by atoms with Gasteiger partial charge < -0.3 is 9.84 Å². The molecule has 0 atom stereocenters. The van der Waals surface area contributed by atoms with Gasteiger partial charge in [-0.1, -0.05) is 25.9 Å². The maximum atomic E-state index is 5.28. The molecule has 0 aromatic carbocycles. The molecule has 1 heterocycles. The first-order chi connectivity index (χ1) is 8.13. The highest BCUT2D eigenvalue weighted by atomic mass is 16.5. The van der Waals surface area contributed by atoms with Crippen molar-refractivity contribution in [1.82, 2.24) is 15.4 Å². The molecule has 17 heavy (non-hydrogen) atoms. The predicted molar refractivity (Wildman–Crippen MR) is 70.1 cm³/mol. The number of nitrogens with one attached hydrogen (secondary N) is 1. The molecule has 0 aliphatic heterocycles. The van der Waals surface area contributed by atoms with Gasteiger partial charge in [0.1, 0.15) is 5.76 Å². The minimum absolute atomic E-state index is 0.410. The van der Waals surface area contributed by atoms with Crippen LogP contribution in [0.2, 0.25) is 0 Å². The molecule has 1 aromatic rings. The molecule has 0 unspecified atom stereocenters. The molecule has 1 rings (SSSR count). The second-order valence-electron chi connectivity index (χ2n) is 4.86. The van der Waals surface area contributed by atoms with Gasteiger partial charge in [0.2, 0.25) is 0 Å². The first-order valence-electron chi connectivity index (χ1n) is 6.48. The summed E-state index contributed by atoms with van der Waals surface area (Å²) in [5.41, 5.74) is 1.02. The molecule has 0 saturated carbocycles. The summed E-state index contributed by atoms with van der Waals surface area (Å²) in [4.78, 5) is 2.25. The van der Waals surface area contributed by atoms with Crippen molar-refractivity contribution in [2.24, 2.45) is 0 Å². The fraction of sp³-hybridized carbons (Fsp3) is 0.769. The third-order valence-corrected chi connectivity index (χ3v) is 2.68. The van der Waals surface area contributed by atoms with Crippen molar-refractivity contribution in [3.63, 3.8) is 0 Å². The van der Waals surface area contributed by atoms with Gasteiger partial charge in [0.15, 0.2) is 0 Å². The van der Waals surface area contributed by atoms with E-state index in [4.69, 9.17) is 4.52 Å². The zero-order chi connectivity index (χ0) is 12.7. The molecular weight excluding hydrogens is 214 g/mol. The highest BCUT2D eigenvalue weighted by Crippen LogP contribution is 2.15. The lowest BCUT2D eigenvalue weighted by Crippen LogP contribution is -2.29. The molecule has 0 saturated heterocycles. The fourth-order valence-electron chi connectivity index (χ4n) is 1.60. The van der Waals surface area contributed by atoms with E-state index in [0.29, 0.717) is 5.92 Å². The van der Waals surface area contributed by atoms with Crippen molar-refractivity contribution in [2.45, 2.75) is 39.7 Å².